The maximum Gasteiger partial charge on any atom is 0.242 e. The number of amides is 1. The topological polar surface area (TPSA) is 41.1 Å². The quantitative estimate of drug-likeness (QED) is 0.846. The van der Waals surface area contributed by atoms with Crippen molar-refractivity contribution in [2.75, 3.05) is 11.9 Å². The average molecular weight is 313 g/mol. The van der Waals surface area contributed by atoms with E-state index in [1.54, 1.807) is 0 Å². The second-order valence-electron chi connectivity index (χ2n) is 4.31. The summed E-state index contributed by atoms with van der Waals surface area (Å²) in [6.45, 7) is 6.76. The zero-order chi connectivity index (χ0) is 13.5. The Morgan fingerprint density at radius 1 is 1.39 bits per heavy atom. The van der Waals surface area contributed by atoms with Gasteiger partial charge in [0.2, 0.25) is 5.91 Å². The number of carbonyl (C=O) groups is 1. The second-order valence-corrected chi connectivity index (χ2v) is 5.23. The number of hydrogen-bond acceptors (Lipinski definition) is 2. The highest BCUT2D eigenvalue weighted by atomic mass is 79.9. The number of rotatable bonds is 6. The first-order valence-electron chi connectivity index (χ1n) is 6.41. The van der Waals surface area contributed by atoms with E-state index in [9.17, 15) is 4.79 Å². The Bertz CT molecular complexity index is 407. The number of anilines is 1. The Morgan fingerprint density at radius 3 is 2.72 bits per heavy atom. The van der Waals surface area contributed by atoms with Crippen LogP contribution in [0.5, 0.6) is 0 Å². The summed E-state index contributed by atoms with van der Waals surface area (Å²) in [6.07, 6.45) is 1.89. The van der Waals surface area contributed by atoms with Crippen molar-refractivity contribution in [2.45, 2.75) is 39.7 Å². The number of nitrogens with one attached hydrogen (secondary N) is 2. The minimum atomic E-state index is -0.219. The summed E-state index contributed by atoms with van der Waals surface area (Å²) in [5.41, 5.74) is 2.24. The van der Waals surface area contributed by atoms with Crippen molar-refractivity contribution in [2.24, 2.45) is 0 Å². The Morgan fingerprint density at radius 2 is 2.11 bits per heavy atom. The summed E-state index contributed by atoms with van der Waals surface area (Å²) < 4.78 is 1.06. The molecule has 0 heterocycles. The lowest BCUT2D eigenvalue weighted by molar-refractivity contribution is -0.121. The van der Waals surface area contributed by atoms with Crippen LogP contribution in [0.15, 0.2) is 22.7 Å². The molecule has 0 aliphatic rings. The molecule has 1 amide bonds. The highest BCUT2D eigenvalue weighted by Gasteiger charge is 2.13. The van der Waals surface area contributed by atoms with E-state index in [-0.39, 0.29) is 11.9 Å². The SMILES string of the molecule is CCCNC(=O)C(C)Nc1ccc(Br)cc1CC. The van der Waals surface area contributed by atoms with Crippen LogP contribution in [0.4, 0.5) is 5.69 Å². The molecule has 100 valence electrons. The molecule has 0 aliphatic carbocycles. The van der Waals surface area contributed by atoms with Gasteiger partial charge in [0.25, 0.3) is 0 Å². The van der Waals surface area contributed by atoms with Gasteiger partial charge in [-0.15, -0.1) is 0 Å². The van der Waals surface area contributed by atoms with Crippen LogP contribution < -0.4 is 10.6 Å². The van der Waals surface area contributed by atoms with Crippen LogP contribution in [0.1, 0.15) is 32.8 Å². The molecule has 1 aromatic carbocycles. The normalized spacial score (nSPS) is 12.0. The second kappa shape index (κ2) is 7.41. The van der Waals surface area contributed by atoms with Gasteiger partial charge >= 0.3 is 0 Å². The smallest absolute Gasteiger partial charge is 0.242 e. The van der Waals surface area contributed by atoms with E-state index in [1.807, 2.05) is 26.0 Å². The lowest BCUT2D eigenvalue weighted by Crippen LogP contribution is -2.38. The first kappa shape index (κ1) is 15.0. The third-order valence-electron chi connectivity index (χ3n) is 2.76. The van der Waals surface area contributed by atoms with E-state index < -0.39 is 0 Å². The number of aryl methyl sites for hydroxylation is 1. The summed E-state index contributed by atoms with van der Waals surface area (Å²) in [5, 5.41) is 6.15. The van der Waals surface area contributed by atoms with Crippen molar-refractivity contribution in [3.05, 3.63) is 28.2 Å². The largest absolute Gasteiger partial charge is 0.374 e. The van der Waals surface area contributed by atoms with Gasteiger partial charge in [-0.2, -0.15) is 0 Å². The monoisotopic (exact) mass is 312 g/mol. The fourth-order valence-electron chi connectivity index (χ4n) is 1.70. The van der Waals surface area contributed by atoms with Gasteiger partial charge < -0.3 is 10.6 Å². The summed E-state index contributed by atoms with van der Waals surface area (Å²) in [4.78, 5) is 11.8. The van der Waals surface area contributed by atoms with Crippen LogP contribution in [-0.4, -0.2) is 18.5 Å². The molecule has 18 heavy (non-hydrogen) atoms. The third kappa shape index (κ3) is 4.33. The number of benzene rings is 1. The molecule has 0 spiro atoms. The van der Waals surface area contributed by atoms with Crippen LogP contribution in [0.3, 0.4) is 0 Å². The van der Waals surface area contributed by atoms with Crippen molar-refractivity contribution in [1.82, 2.24) is 5.32 Å². The number of halogens is 1. The summed E-state index contributed by atoms with van der Waals surface area (Å²) >= 11 is 3.46. The Labute approximate surface area is 117 Å². The van der Waals surface area contributed by atoms with E-state index in [4.69, 9.17) is 0 Å². The minimum Gasteiger partial charge on any atom is -0.374 e. The molecule has 1 rings (SSSR count). The lowest BCUT2D eigenvalue weighted by Gasteiger charge is -2.17. The molecule has 0 aliphatic heterocycles. The standard InChI is InChI=1S/C14H21BrN2O/c1-4-8-16-14(18)10(3)17-13-7-6-12(15)9-11(13)5-2/h6-7,9-10,17H,4-5,8H2,1-3H3,(H,16,18). The van der Waals surface area contributed by atoms with Crippen molar-refractivity contribution < 1.29 is 4.79 Å². The summed E-state index contributed by atoms with van der Waals surface area (Å²) in [7, 11) is 0. The van der Waals surface area contributed by atoms with E-state index in [0.29, 0.717) is 0 Å². The van der Waals surface area contributed by atoms with Crippen LogP contribution in [-0.2, 0) is 11.2 Å². The van der Waals surface area contributed by atoms with Crippen molar-refractivity contribution >= 4 is 27.5 Å². The average Bonchev–Trinajstić information content (AvgIpc) is 2.37. The van der Waals surface area contributed by atoms with Gasteiger partial charge in [0.05, 0.1) is 0 Å². The minimum absolute atomic E-state index is 0.0434. The van der Waals surface area contributed by atoms with E-state index in [0.717, 1.165) is 29.5 Å². The maximum atomic E-state index is 11.8. The molecule has 3 nitrogen and oxygen atoms in total. The molecule has 0 saturated carbocycles. The molecule has 0 aromatic heterocycles. The predicted molar refractivity (Wildman–Crippen MR) is 79.9 cm³/mol. The molecule has 0 fully saturated rings. The zero-order valence-corrected chi connectivity index (χ0v) is 12.8. The van der Waals surface area contributed by atoms with Gasteiger partial charge in [0.1, 0.15) is 6.04 Å². The van der Waals surface area contributed by atoms with Gasteiger partial charge in [-0.3, -0.25) is 4.79 Å². The van der Waals surface area contributed by atoms with Crippen LogP contribution >= 0.6 is 15.9 Å². The first-order valence-corrected chi connectivity index (χ1v) is 7.20. The highest BCUT2D eigenvalue weighted by molar-refractivity contribution is 9.10. The van der Waals surface area contributed by atoms with Gasteiger partial charge in [0.15, 0.2) is 0 Å². The van der Waals surface area contributed by atoms with E-state index in [1.165, 1.54) is 5.56 Å². The first-order chi connectivity index (χ1) is 8.58. The van der Waals surface area contributed by atoms with Crippen LogP contribution in [0.2, 0.25) is 0 Å². The van der Waals surface area contributed by atoms with Gasteiger partial charge in [0, 0.05) is 16.7 Å². The van der Waals surface area contributed by atoms with Gasteiger partial charge in [-0.1, -0.05) is 29.8 Å². The molecular weight excluding hydrogens is 292 g/mol. The zero-order valence-electron chi connectivity index (χ0n) is 11.2. The molecule has 1 aromatic rings. The Balaban J connectivity index is 2.69. The molecular formula is C14H21BrN2O. The molecule has 2 N–H and O–H groups in total. The Hall–Kier alpha value is -1.03. The van der Waals surface area contributed by atoms with E-state index in [2.05, 4.69) is 39.6 Å². The number of hydrogen-bond donors (Lipinski definition) is 2. The third-order valence-corrected chi connectivity index (χ3v) is 3.26. The number of carbonyl (C=O) groups excluding carboxylic acids is 1. The molecule has 1 unspecified atom stereocenters. The maximum absolute atomic E-state index is 11.8. The van der Waals surface area contributed by atoms with Gasteiger partial charge in [-0.25, -0.2) is 0 Å². The summed E-state index contributed by atoms with van der Waals surface area (Å²) in [5.74, 6) is 0.0434. The molecule has 1 atom stereocenters. The van der Waals surface area contributed by atoms with E-state index >= 15 is 0 Å². The predicted octanol–water partition coefficient (Wildman–Crippen LogP) is 3.34. The molecule has 0 radical (unpaired) electrons. The molecule has 0 saturated heterocycles. The fraction of sp³-hybridized carbons (Fsp3) is 0.500. The highest BCUT2D eigenvalue weighted by Crippen LogP contribution is 2.22. The lowest BCUT2D eigenvalue weighted by atomic mass is 10.1. The van der Waals surface area contributed by atoms with Crippen molar-refractivity contribution in [3.63, 3.8) is 0 Å². The molecule has 0 bridgehead atoms. The summed E-state index contributed by atoms with van der Waals surface area (Å²) in [6, 6.07) is 5.85. The van der Waals surface area contributed by atoms with Crippen LogP contribution in [0.25, 0.3) is 0 Å². The van der Waals surface area contributed by atoms with Crippen molar-refractivity contribution in [1.29, 1.82) is 0 Å². The van der Waals surface area contributed by atoms with Crippen molar-refractivity contribution in [3.8, 4) is 0 Å². The molecule has 4 heteroatoms. The Kier molecular flexibility index (Phi) is 6.19. The van der Waals surface area contributed by atoms with Crippen LogP contribution in [0, 0.1) is 0 Å². The van der Waals surface area contributed by atoms with Gasteiger partial charge in [-0.05, 0) is 43.5 Å². The fourth-order valence-corrected chi connectivity index (χ4v) is 2.10.